The molecule has 1 fully saturated rings. The summed E-state index contributed by atoms with van der Waals surface area (Å²) in [5.41, 5.74) is 0.729. The number of β-amino-alcohol motifs (C(OH)–C–C–N with tert-alkyl or cyclic N) is 1. The van der Waals surface area contributed by atoms with Crippen LogP contribution in [0.15, 0.2) is 24.3 Å². The van der Waals surface area contributed by atoms with E-state index < -0.39 is 6.61 Å². The van der Waals surface area contributed by atoms with Crippen LogP contribution in [-0.2, 0) is 6.54 Å². The third kappa shape index (κ3) is 3.65. The molecule has 0 aliphatic carbocycles. The number of piperidine rings is 1. The molecular formula is C13H17F2NO2. The summed E-state index contributed by atoms with van der Waals surface area (Å²) in [5.74, 6) is 0.215. The first-order valence-corrected chi connectivity index (χ1v) is 6.08. The minimum atomic E-state index is -2.81. The first kappa shape index (κ1) is 13.2. The zero-order valence-electron chi connectivity index (χ0n) is 10.1. The van der Waals surface area contributed by atoms with Gasteiger partial charge in [-0.1, -0.05) is 18.2 Å². The van der Waals surface area contributed by atoms with Crippen LogP contribution in [0.25, 0.3) is 0 Å². The second-order valence-corrected chi connectivity index (χ2v) is 4.52. The summed E-state index contributed by atoms with van der Waals surface area (Å²) in [5, 5.41) is 9.58. The molecule has 0 radical (unpaired) electrons. The Morgan fingerprint density at radius 2 is 2.17 bits per heavy atom. The molecule has 1 aliphatic rings. The molecule has 1 atom stereocenters. The minimum Gasteiger partial charge on any atom is -0.434 e. The number of para-hydroxylation sites is 1. The van der Waals surface area contributed by atoms with E-state index in [2.05, 4.69) is 9.64 Å². The number of likely N-dealkylation sites (tertiary alicyclic amines) is 1. The predicted octanol–water partition coefficient (Wildman–Crippen LogP) is 2.24. The summed E-state index contributed by atoms with van der Waals surface area (Å²) >= 11 is 0. The van der Waals surface area contributed by atoms with E-state index in [0.29, 0.717) is 13.1 Å². The largest absolute Gasteiger partial charge is 0.434 e. The lowest BCUT2D eigenvalue weighted by Crippen LogP contribution is -2.37. The van der Waals surface area contributed by atoms with E-state index in [1.807, 2.05) is 0 Å². The molecule has 1 aromatic carbocycles. The first-order chi connectivity index (χ1) is 8.65. The van der Waals surface area contributed by atoms with Crippen molar-refractivity contribution in [2.45, 2.75) is 32.1 Å². The highest BCUT2D eigenvalue weighted by atomic mass is 19.3. The molecular weight excluding hydrogens is 240 g/mol. The number of benzene rings is 1. The fraction of sp³-hybridized carbons (Fsp3) is 0.538. The molecule has 100 valence electrons. The Morgan fingerprint density at radius 3 is 2.89 bits per heavy atom. The molecule has 18 heavy (non-hydrogen) atoms. The highest BCUT2D eigenvalue weighted by molar-refractivity contribution is 5.33. The van der Waals surface area contributed by atoms with Crippen LogP contribution >= 0.6 is 0 Å². The van der Waals surface area contributed by atoms with Gasteiger partial charge >= 0.3 is 6.61 Å². The second kappa shape index (κ2) is 6.11. The normalized spacial score (nSPS) is 21.2. The number of ether oxygens (including phenoxy) is 1. The van der Waals surface area contributed by atoms with Gasteiger partial charge in [0.15, 0.2) is 0 Å². The molecule has 0 amide bonds. The molecule has 0 saturated carbocycles. The molecule has 5 heteroatoms. The number of hydrogen-bond acceptors (Lipinski definition) is 3. The number of aliphatic hydroxyl groups is 1. The smallest absolute Gasteiger partial charge is 0.387 e. The van der Waals surface area contributed by atoms with Gasteiger partial charge in [0.2, 0.25) is 0 Å². The fourth-order valence-corrected chi connectivity index (χ4v) is 2.26. The van der Waals surface area contributed by atoms with Crippen LogP contribution in [0, 0.1) is 0 Å². The van der Waals surface area contributed by atoms with Gasteiger partial charge in [0.1, 0.15) is 5.75 Å². The van der Waals surface area contributed by atoms with E-state index in [1.54, 1.807) is 24.3 Å². The highest BCUT2D eigenvalue weighted by Crippen LogP contribution is 2.23. The van der Waals surface area contributed by atoms with Crippen molar-refractivity contribution in [1.29, 1.82) is 0 Å². The number of hydrogen-bond donors (Lipinski definition) is 1. The number of aliphatic hydroxyl groups excluding tert-OH is 1. The van der Waals surface area contributed by atoms with E-state index >= 15 is 0 Å². The lowest BCUT2D eigenvalue weighted by Gasteiger charge is -2.30. The zero-order chi connectivity index (χ0) is 13.0. The average Bonchev–Trinajstić information content (AvgIpc) is 2.31. The van der Waals surface area contributed by atoms with E-state index in [-0.39, 0.29) is 11.9 Å². The van der Waals surface area contributed by atoms with Crippen LogP contribution in [-0.4, -0.2) is 35.8 Å². The lowest BCUT2D eigenvalue weighted by molar-refractivity contribution is -0.0510. The Balaban J connectivity index is 2.03. The fourth-order valence-electron chi connectivity index (χ4n) is 2.26. The van der Waals surface area contributed by atoms with Crippen molar-refractivity contribution in [1.82, 2.24) is 4.90 Å². The van der Waals surface area contributed by atoms with Crippen molar-refractivity contribution in [2.24, 2.45) is 0 Å². The molecule has 2 rings (SSSR count). The van der Waals surface area contributed by atoms with Gasteiger partial charge in [0, 0.05) is 18.7 Å². The minimum absolute atomic E-state index is 0.215. The van der Waals surface area contributed by atoms with Gasteiger partial charge < -0.3 is 9.84 Å². The van der Waals surface area contributed by atoms with Crippen LogP contribution in [0.4, 0.5) is 8.78 Å². The summed E-state index contributed by atoms with van der Waals surface area (Å²) in [7, 11) is 0. The van der Waals surface area contributed by atoms with E-state index in [1.165, 1.54) is 0 Å². The van der Waals surface area contributed by atoms with Crippen LogP contribution in [0.1, 0.15) is 18.4 Å². The standard InChI is InChI=1S/C13H17F2NO2/c14-13(15)18-12-6-2-1-4-10(12)8-16-7-3-5-11(17)9-16/h1-2,4,6,11,13,17H,3,5,7-9H2. The molecule has 0 bridgehead atoms. The van der Waals surface area contributed by atoms with Crippen LogP contribution in [0.5, 0.6) is 5.75 Å². The number of nitrogens with zero attached hydrogens (tertiary/aromatic N) is 1. The van der Waals surface area contributed by atoms with Gasteiger partial charge in [0.25, 0.3) is 0 Å². The third-order valence-corrected chi connectivity index (χ3v) is 3.06. The summed E-state index contributed by atoms with van der Waals surface area (Å²) < 4.78 is 29.0. The number of rotatable bonds is 4. The van der Waals surface area contributed by atoms with Crippen molar-refractivity contribution >= 4 is 0 Å². The van der Waals surface area contributed by atoms with Gasteiger partial charge in [-0.05, 0) is 25.5 Å². The predicted molar refractivity (Wildman–Crippen MR) is 63.6 cm³/mol. The molecule has 1 aromatic rings. The molecule has 1 saturated heterocycles. The van der Waals surface area contributed by atoms with Crippen molar-refractivity contribution < 1.29 is 18.6 Å². The maximum absolute atomic E-state index is 12.3. The summed E-state index contributed by atoms with van der Waals surface area (Å²) in [4.78, 5) is 2.06. The number of halogens is 2. The molecule has 1 aliphatic heterocycles. The van der Waals surface area contributed by atoms with Crippen molar-refractivity contribution in [2.75, 3.05) is 13.1 Å². The second-order valence-electron chi connectivity index (χ2n) is 4.52. The van der Waals surface area contributed by atoms with Crippen LogP contribution in [0.3, 0.4) is 0 Å². The molecule has 1 heterocycles. The molecule has 0 spiro atoms. The van der Waals surface area contributed by atoms with Crippen LogP contribution in [0.2, 0.25) is 0 Å². The molecule has 0 aromatic heterocycles. The highest BCUT2D eigenvalue weighted by Gasteiger charge is 2.19. The summed E-state index contributed by atoms with van der Waals surface area (Å²) in [6.45, 7) is -0.818. The Morgan fingerprint density at radius 1 is 1.39 bits per heavy atom. The lowest BCUT2D eigenvalue weighted by atomic mass is 10.1. The molecule has 3 nitrogen and oxygen atoms in total. The van der Waals surface area contributed by atoms with Gasteiger partial charge in [0.05, 0.1) is 6.10 Å². The Bertz CT molecular complexity index is 387. The van der Waals surface area contributed by atoms with Gasteiger partial charge in [-0.15, -0.1) is 0 Å². The van der Waals surface area contributed by atoms with Crippen molar-refractivity contribution in [3.8, 4) is 5.75 Å². The van der Waals surface area contributed by atoms with Crippen molar-refractivity contribution in [3.05, 3.63) is 29.8 Å². The van der Waals surface area contributed by atoms with Crippen LogP contribution < -0.4 is 4.74 Å². The first-order valence-electron chi connectivity index (χ1n) is 6.08. The Labute approximate surface area is 105 Å². The van der Waals surface area contributed by atoms with Gasteiger partial charge in [-0.25, -0.2) is 0 Å². The SMILES string of the molecule is OC1CCCN(Cc2ccccc2OC(F)F)C1. The Hall–Kier alpha value is -1.20. The maximum Gasteiger partial charge on any atom is 0.387 e. The number of alkyl halides is 2. The quantitative estimate of drug-likeness (QED) is 0.898. The Kier molecular flexibility index (Phi) is 4.49. The van der Waals surface area contributed by atoms with Crippen molar-refractivity contribution in [3.63, 3.8) is 0 Å². The zero-order valence-corrected chi connectivity index (χ0v) is 10.1. The van der Waals surface area contributed by atoms with E-state index in [9.17, 15) is 13.9 Å². The molecule has 1 unspecified atom stereocenters. The van der Waals surface area contributed by atoms with E-state index in [0.717, 1.165) is 24.9 Å². The summed E-state index contributed by atoms with van der Waals surface area (Å²) in [6, 6.07) is 6.79. The van der Waals surface area contributed by atoms with E-state index in [4.69, 9.17) is 0 Å². The molecule has 1 N–H and O–H groups in total. The van der Waals surface area contributed by atoms with Gasteiger partial charge in [-0.2, -0.15) is 8.78 Å². The summed E-state index contributed by atoms with van der Waals surface area (Å²) in [6.07, 6.45) is 1.42. The topological polar surface area (TPSA) is 32.7 Å². The monoisotopic (exact) mass is 257 g/mol. The van der Waals surface area contributed by atoms with Gasteiger partial charge in [-0.3, -0.25) is 4.90 Å². The average molecular weight is 257 g/mol. The maximum atomic E-state index is 12.3. The third-order valence-electron chi connectivity index (χ3n) is 3.06.